The number of ketones is 1. The number of primary amides is 1. The van der Waals surface area contributed by atoms with Crippen LogP contribution in [0.5, 0.6) is 0 Å². The van der Waals surface area contributed by atoms with E-state index in [1.807, 2.05) is 92.5 Å². The number of Topliss-reactive ketones (excluding diaryl/α,β-unsaturated/α-hetero) is 1. The van der Waals surface area contributed by atoms with Crippen LogP contribution in [0.1, 0.15) is 32.6 Å². The quantitative estimate of drug-likeness (QED) is 0.348. The molecule has 0 unspecified atom stereocenters. The molecule has 0 saturated heterocycles. The molecule has 182 valence electrons. The number of amides is 1. The maximum absolute atomic E-state index is 12.5. The number of benzene rings is 3. The topological polar surface area (TPSA) is 101 Å². The highest BCUT2D eigenvalue weighted by Gasteiger charge is 2.11. The first kappa shape index (κ1) is 24.6. The van der Waals surface area contributed by atoms with Gasteiger partial charge >= 0.3 is 0 Å². The Morgan fingerprint density at radius 3 is 2.17 bits per heavy atom. The van der Waals surface area contributed by atoms with Crippen molar-refractivity contribution >= 4 is 34.8 Å². The van der Waals surface area contributed by atoms with E-state index in [0.717, 1.165) is 22.4 Å². The van der Waals surface area contributed by atoms with Crippen LogP contribution in [0.4, 0.5) is 23.1 Å². The lowest BCUT2D eigenvalue weighted by atomic mass is 10.0. The number of aromatic nitrogens is 2. The first-order valence-electron chi connectivity index (χ1n) is 11.7. The second-order valence-corrected chi connectivity index (χ2v) is 8.86. The SMILES string of the molecule is Cc1ccc(CC(=O)Cc2ccc(N(C)c3ccnc(Nc4ccc(C)c(C(N)=O)c4)n3)cc2)cc1. The smallest absolute Gasteiger partial charge is 0.249 e. The molecule has 0 atom stereocenters. The molecular weight excluding hydrogens is 450 g/mol. The number of hydrogen-bond acceptors (Lipinski definition) is 6. The number of nitrogens with zero attached hydrogens (tertiary/aromatic N) is 3. The van der Waals surface area contributed by atoms with E-state index in [4.69, 9.17) is 5.73 Å². The second-order valence-electron chi connectivity index (χ2n) is 8.86. The molecule has 0 saturated carbocycles. The Bertz CT molecular complexity index is 1380. The van der Waals surface area contributed by atoms with E-state index in [1.165, 1.54) is 5.56 Å². The highest BCUT2D eigenvalue weighted by molar-refractivity contribution is 5.95. The van der Waals surface area contributed by atoms with Crippen molar-refractivity contribution in [2.24, 2.45) is 5.73 Å². The molecule has 1 heterocycles. The summed E-state index contributed by atoms with van der Waals surface area (Å²) in [5, 5.41) is 3.13. The highest BCUT2D eigenvalue weighted by atomic mass is 16.1. The van der Waals surface area contributed by atoms with E-state index in [9.17, 15) is 9.59 Å². The Morgan fingerprint density at radius 1 is 0.889 bits per heavy atom. The molecule has 36 heavy (non-hydrogen) atoms. The summed E-state index contributed by atoms with van der Waals surface area (Å²) in [5.41, 5.74) is 11.5. The molecule has 0 bridgehead atoms. The highest BCUT2D eigenvalue weighted by Crippen LogP contribution is 2.24. The number of rotatable bonds is 9. The fourth-order valence-electron chi connectivity index (χ4n) is 3.88. The van der Waals surface area contributed by atoms with Crippen molar-refractivity contribution in [1.29, 1.82) is 0 Å². The lowest BCUT2D eigenvalue weighted by Crippen LogP contribution is -2.14. The molecule has 0 aliphatic carbocycles. The van der Waals surface area contributed by atoms with E-state index in [2.05, 4.69) is 15.3 Å². The van der Waals surface area contributed by atoms with Crippen LogP contribution in [0.15, 0.2) is 79.0 Å². The largest absolute Gasteiger partial charge is 0.366 e. The number of aryl methyl sites for hydroxylation is 2. The predicted octanol–water partition coefficient (Wildman–Crippen LogP) is 5.06. The fourth-order valence-corrected chi connectivity index (χ4v) is 3.88. The van der Waals surface area contributed by atoms with Crippen molar-refractivity contribution in [3.8, 4) is 0 Å². The van der Waals surface area contributed by atoms with E-state index < -0.39 is 5.91 Å². The van der Waals surface area contributed by atoms with Crippen LogP contribution in [0.2, 0.25) is 0 Å². The average molecular weight is 480 g/mol. The number of nitrogens with two attached hydrogens (primary N) is 1. The maximum Gasteiger partial charge on any atom is 0.249 e. The van der Waals surface area contributed by atoms with Gasteiger partial charge in [-0.15, -0.1) is 0 Å². The van der Waals surface area contributed by atoms with Gasteiger partial charge in [0.25, 0.3) is 0 Å². The zero-order valence-corrected chi connectivity index (χ0v) is 20.7. The van der Waals surface area contributed by atoms with Crippen LogP contribution in [-0.2, 0) is 17.6 Å². The van der Waals surface area contributed by atoms with Crippen molar-refractivity contribution in [2.75, 3.05) is 17.3 Å². The summed E-state index contributed by atoms with van der Waals surface area (Å²) in [7, 11) is 1.92. The molecule has 0 radical (unpaired) electrons. The summed E-state index contributed by atoms with van der Waals surface area (Å²) in [6, 6.07) is 23.1. The molecule has 1 amide bonds. The molecule has 7 nitrogen and oxygen atoms in total. The lowest BCUT2D eigenvalue weighted by molar-refractivity contribution is -0.117. The van der Waals surface area contributed by atoms with Crippen LogP contribution >= 0.6 is 0 Å². The maximum atomic E-state index is 12.5. The van der Waals surface area contributed by atoms with Crippen molar-refractivity contribution in [3.63, 3.8) is 0 Å². The molecule has 3 aromatic carbocycles. The number of carbonyl (C=O) groups excluding carboxylic acids is 2. The second kappa shape index (κ2) is 10.8. The van der Waals surface area contributed by atoms with Crippen LogP contribution in [0.3, 0.4) is 0 Å². The van der Waals surface area contributed by atoms with Gasteiger partial charge in [-0.1, -0.05) is 48.0 Å². The summed E-state index contributed by atoms with van der Waals surface area (Å²) in [5.74, 6) is 0.794. The van der Waals surface area contributed by atoms with E-state index in [0.29, 0.717) is 35.9 Å². The number of anilines is 4. The van der Waals surface area contributed by atoms with Gasteiger partial charge in [-0.3, -0.25) is 9.59 Å². The van der Waals surface area contributed by atoms with E-state index in [1.54, 1.807) is 12.3 Å². The van der Waals surface area contributed by atoms with Gasteiger partial charge in [0.05, 0.1) is 0 Å². The standard InChI is InChI=1S/C29H29N5O2/c1-19-4-7-21(8-5-19)16-25(35)17-22-9-12-24(13-10-22)34(3)27-14-15-31-29(33-27)32-23-11-6-20(2)26(18-23)28(30)36/h4-15,18H,16-17H2,1-3H3,(H2,30,36)(H,31,32,33). The fraction of sp³-hybridized carbons (Fsp3) is 0.172. The number of nitrogens with one attached hydrogen (secondary N) is 1. The Morgan fingerprint density at radius 2 is 1.53 bits per heavy atom. The van der Waals surface area contributed by atoms with Gasteiger partial charge < -0.3 is 16.0 Å². The average Bonchev–Trinajstić information content (AvgIpc) is 2.86. The number of carbonyl (C=O) groups is 2. The first-order chi connectivity index (χ1) is 17.3. The summed E-state index contributed by atoms with van der Waals surface area (Å²) in [6.45, 7) is 3.87. The molecule has 4 rings (SSSR count). The molecule has 0 fully saturated rings. The van der Waals surface area contributed by atoms with Crippen molar-refractivity contribution in [1.82, 2.24) is 9.97 Å². The minimum atomic E-state index is -0.481. The normalized spacial score (nSPS) is 10.6. The lowest BCUT2D eigenvalue weighted by Gasteiger charge is -2.19. The monoisotopic (exact) mass is 479 g/mol. The molecular formula is C29H29N5O2. The zero-order valence-electron chi connectivity index (χ0n) is 20.7. The molecule has 7 heteroatoms. The first-order valence-corrected chi connectivity index (χ1v) is 11.7. The van der Waals surface area contributed by atoms with Gasteiger partial charge in [-0.05, 0) is 60.9 Å². The Hall–Kier alpha value is -4.52. The molecule has 0 spiro atoms. The third-order valence-electron chi connectivity index (χ3n) is 5.99. The molecule has 0 aliphatic heterocycles. The minimum Gasteiger partial charge on any atom is -0.366 e. The van der Waals surface area contributed by atoms with E-state index >= 15 is 0 Å². The summed E-state index contributed by atoms with van der Waals surface area (Å²) >= 11 is 0. The minimum absolute atomic E-state index is 0.182. The predicted molar refractivity (Wildman–Crippen MR) is 143 cm³/mol. The van der Waals surface area contributed by atoms with Gasteiger partial charge in [0.15, 0.2) is 0 Å². The zero-order chi connectivity index (χ0) is 25.7. The summed E-state index contributed by atoms with van der Waals surface area (Å²) in [6.07, 6.45) is 2.49. The number of hydrogen-bond donors (Lipinski definition) is 2. The third kappa shape index (κ3) is 6.13. The van der Waals surface area contributed by atoms with Gasteiger partial charge in [-0.2, -0.15) is 4.98 Å². The van der Waals surface area contributed by atoms with Crippen LogP contribution < -0.4 is 16.0 Å². The Balaban J connectivity index is 1.41. The van der Waals surface area contributed by atoms with Crippen molar-refractivity contribution < 1.29 is 9.59 Å². The third-order valence-corrected chi connectivity index (χ3v) is 5.99. The van der Waals surface area contributed by atoms with Crippen LogP contribution in [-0.4, -0.2) is 28.7 Å². The molecule has 3 N–H and O–H groups in total. The Kier molecular flexibility index (Phi) is 7.39. The molecule has 4 aromatic rings. The van der Waals surface area contributed by atoms with Crippen molar-refractivity contribution in [3.05, 3.63) is 107 Å². The van der Waals surface area contributed by atoms with Gasteiger partial charge in [0, 0.05) is 43.0 Å². The molecule has 0 aliphatic rings. The van der Waals surface area contributed by atoms with Crippen LogP contribution in [0, 0.1) is 13.8 Å². The Labute approximate surface area is 211 Å². The van der Waals surface area contributed by atoms with Gasteiger partial charge in [0.2, 0.25) is 11.9 Å². The summed E-state index contributed by atoms with van der Waals surface area (Å²) < 4.78 is 0. The van der Waals surface area contributed by atoms with Crippen molar-refractivity contribution in [2.45, 2.75) is 26.7 Å². The van der Waals surface area contributed by atoms with Gasteiger partial charge in [0.1, 0.15) is 11.6 Å². The molecule has 1 aromatic heterocycles. The van der Waals surface area contributed by atoms with E-state index in [-0.39, 0.29) is 5.78 Å². The van der Waals surface area contributed by atoms with Crippen LogP contribution in [0.25, 0.3) is 0 Å². The summed E-state index contributed by atoms with van der Waals surface area (Å²) in [4.78, 5) is 35.0. The van der Waals surface area contributed by atoms with Gasteiger partial charge in [-0.25, -0.2) is 4.98 Å².